The van der Waals surface area contributed by atoms with Crippen molar-refractivity contribution in [2.45, 2.75) is 6.42 Å². The van der Waals surface area contributed by atoms with Gasteiger partial charge in [-0.15, -0.1) is 0 Å². The van der Waals surface area contributed by atoms with Gasteiger partial charge in [-0.2, -0.15) is 0 Å². The Kier molecular flexibility index (Phi) is 6.07. The highest BCUT2D eigenvalue weighted by atomic mass is 19.1. The number of halogens is 1. The molecule has 0 fully saturated rings. The van der Waals surface area contributed by atoms with E-state index in [9.17, 15) is 9.18 Å². The van der Waals surface area contributed by atoms with Gasteiger partial charge in [-0.25, -0.2) is 14.4 Å². The lowest BCUT2D eigenvalue weighted by Crippen LogP contribution is -2.14. The molecule has 9 heteroatoms. The largest absolute Gasteiger partial charge is 0.497 e. The molecule has 0 radical (unpaired) electrons. The first-order valence-electron chi connectivity index (χ1n) is 9.61. The third-order valence-electron chi connectivity index (χ3n) is 4.68. The number of anilines is 1. The smallest absolute Gasteiger partial charge is 0.241 e. The standard InChI is InChI=1S/C23H19FN4O4/c1-30-17-9-14(10-18(12-17)31-2)11-20(29)27-23-21(19-7-8-25-13-26-19)22(28-32-23)15-3-5-16(24)6-4-15/h3-10,12-13H,11H2,1-2H3,(H,27,29). The van der Waals surface area contributed by atoms with Crippen LogP contribution in [-0.4, -0.2) is 35.3 Å². The maximum Gasteiger partial charge on any atom is 0.241 e. The Balaban J connectivity index is 1.65. The highest BCUT2D eigenvalue weighted by molar-refractivity contribution is 5.97. The van der Waals surface area contributed by atoms with Gasteiger partial charge in [-0.3, -0.25) is 10.1 Å². The number of rotatable bonds is 7. The molecule has 162 valence electrons. The lowest BCUT2D eigenvalue weighted by molar-refractivity contribution is -0.115. The number of hydrogen-bond acceptors (Lipinski definition) is 7. The molecule has 2 aromatic carbocycles. The summed E-state index contributed by atoms with van der Waals surface area (Å²) in [7, 11) is 3.08. The maximum atomic E-state index is 13.4. The fourth-order valence-corrected chi connectivity index (χ4v) is 3.18. The normalized spacial score (nSPS) is 10.6. The number of aromatic nitrogens is 3. The zero-order chi connectivity index (χ0) is 22.5. The maximum absolute atomic E-state index is 13.4. The number of amides is 1. The molecule has 0 aliphatic heterocycles. The summed E-state index contributed by atoms with van der Waals surface area (Å²) in [6, 6.07) is 12.7. The van der Waals surface area contributed by atoms with Gasteiger partial charge in [0.1, 0.15) is 29.3 Å². The van der Waals surface area contributed by atoms with Gasteiger partial charge >= 0.3 is 0 Å². The van der Waals surface area contributed by atoms with Crippen molar-refractivity contribution in [3.8, 4) is 34.0 Å². The van der Waals surface area contributed by atoms with Crippen molar-refractivity contribution < 1.29 is 23.2 Å². The van der Waals surface area contributed by atoms with E-state index in [0.29, 0.717) is 39.6 Å². The summed E-state index contributed by atoms with van der Waals surface area (Å²) in [5.74, 6) is 0.572. The van der Waals surface area contributed by atoms with Crippen LogP contribution in [0.2, 0.25) is 0 Å². The Labute approximate surface area is 183 Å². The van der Waals surface area contributed by atoms with Crippen molar-refractivity contribution in [3.05, 3.63) is 72.4 Å². The molecule has 32 heavy (non-hydrogen) atoms. The number of nitrogens with zero attached hydrogens (tertiary/aromatic N) is 3. The zero-order valence-corrected chi connectivity index (χ0v) is 17.3. The molecule has 1 N–H and O–H groups in total. The summed E-state index contributed by atoms with van der Waals surface area (Å²) < 4.78 is 29.3. The second-order valence-corrected chi connectivity index (χ2v) is 6.78. The van der Waals surface area contributed by atoms with Crippen molar-refractivity contribution in [2.75, 3.05) is 19.5 Å². The molecule has 0 aliphatic rings. The Morgan fingerprint density at radius 2 is 1.78 bits per heavy atom. The fraction of sp³-hybridized carbons (Fsp3) is 0.130. The first-order chi connectivity index (χ1) is 15.6. The van der Waals surface area contributed by atoms with Gasteiger partial charge in [0.2, 0.25) is 11.8 Å². The molecule has 0 saturated heterocycles. The number of methoxy groups -OCH3 is 2. The van der Waals surface area contributed by atoms with E-state index in [1.807, 2.05) is 0 Å². The van der Waals surface area contributed by atoms with Gasteiger partial charge in [0, 0.05) is 17.8 Å². The monoisotopic (exact) mass is 434 g/mol. The van der Waals surface area contributed by atoms with Crippen molar-refractivity contribution in [1.82, 2.24) is 15.1 Å². The second-order valence-electron chi connectivity index (χ2n) is 6.78. The third kappa shape index (κ3) is 4.56. The van der Waals surface area contributed by atoms with Crippen molar-refractivity contribution in [3.63, 3.8) is 0 Å². The van der Waals surface area contributed by atoms with Crippen LogP contribution in [0.1, 0.15) is 5.56 Å². The van der Waals surface area contributed by atoms with E-state index in [1.54, 1.807) is 42.6 Å². The quantitative estimate of drug-likeness (QED) is 0.467. The van der Waals surface area contributed by atoms with Gasteiger partial charge in [-0.05, 0) is 48.0 Å². The van der Waals surface area contributed by atoms with Crippen molar-refractivity contribution >= 4 is 11.8 Å². The van der Waals surface area contributed by atoms with E-state index in [-0.39, 0.29) is 24.0 Å². The molecule has 2 heterocycles. The van der Waals surface area contributed by atoms with E-state index in [1.165, 1.54) is 32.7 Å². The number of ether oxygens (including phenoxy) is 2. The van der Waals surface area contributed by atoms with Crippen LogP contribution in [0.15, 0.2) is 65.6 Å². The summed E-state index contributed by atoms with van der Waals surface area (Å²) >= 11 is 0. The van der Waals surface area contributed by atoms with Crippen LogP contribution in [0, 0.1) is 5.82 Å². The van der Waals surface area contributed by atoms with Crippen molar-refractivity contribution in [2.24, 2.45) is 0 Å². The molecule has 8 nitrogen and oxygen atoms in total. The van der Waals surface area contributed by atoms with Crippen LogP contribution in [0.3, 0.4) is 0 Å². The van der Waals surface area contributed by atoms with Gasteiger partial charge in [0.05, 0.1) is 31.9 Å². The minimum Gasteiger partial charge on any atom is -0.497 e. The molecule has 0 saturated carbocycles. The lowest BCUT2D eigenvalue weighted by atomic mass is 10.0. The molecule has 4 rings (SSSR count). The van der Waals surface area contributed by atoms with E-state index in [4.69, 9.17) is 14.0 Å². The topological polar surface area (TPSA) is 99.4 Å². The molecule has 0 unspecified atom stereocenters. The highest BCUT2D eigenvalue weighted by Gasteiger charge is 2.22. The zero-order valence-electron chi connectivity index (χ0n) is 17.3. The van der Waals surface area contributed by atoms with Gasteiger partial charge in [-0.1, -0.05) is 5.16 Å². The molecule has 0 atom stereocenters. The second kappa shape index (κ2) is 9.25. The van der Waals surface area contributed by atoms with E-state index in [0.717, 1.165) is 0 Å². The average Bonchev–Trinajstić information content (AvgIpc) is 3.23. The summed E-state index contributed by atoms with van der Waals surface area (Å²) in [5, 5.41) is 6.84. The van der Waals surface area contributed by atoms with Crippen LogP contribution in [-0.2, 0) is 11.2 Å². The predicted molar refractivity (Wildman–Crippen MR) is 115 cm³/mol. The van der Waals surface area contributed by atoms with Crippen LogP contribution in [0.25, 0.3) is 22.5 Å². The number of hydrogen-bond donors (Lipinski definition) is 1. The van der Waals surface area contributed by atoms with Gasteiger partial charge in [0.25, 0.3) is 0 Å². The molecule has 0 aliphatic carbocycles. The van der Waals surface area contributed by atoms with Crippen LogP contribution < -0.4 is 14.8 Å². The average molecular weight is 434 g/mol. The van der Waals surface area contributed by atoms with Crippen LogP contribution in [0.4, 0.5) is 10.3 Å². The minimum absolute atomic E-state index is 0.0450. The summed E-state index contributed by atoms with van der Waals surface area (Å²) in [6.45, 7) is 0. The first-order valence-corrected chi connectivity index (χ1v) is 9.61. The number of nitrogens with one attached hydrogen (secondary N) is 1. The van der Waals surface area contributed by atoms with Crippen LogP contribution >= 0.6 is 0 Å². The van der Waals surface area contributed by atoms with E-state index in [2.05, 4.69) is 20.4 Å². The number of carbonyl (C=O) groups is 1. The van der Waals surface area contributed by atoms with Gasteiger partial charge in [0.15, 0.2) is 0 Å². The molecular weight excluding hydrogens is 415 g/mol. The summed E-state index contributed by atoms with van der Waals surface area (Å²) in [6.07, 6.45) is 2.99. The Hall–Kier alpha value is -4.27. The molecule has 0 bridgehead atoms. The third-order valence-corrected chi connectivity index (χ3v) is 4.68. The molecule has 4 aromatic rings. The highest BCUT2D eigenvalue weighted by Crippen LogP contribution is 2.36. The van der Waals surface area contributed by atoms with E-state index >= 15 is 0 Å². The van der Waals surface area contributed by atoms with Crippen molar-refractivity contribution in [1.29, 1.82) is 0 Å². The number of carbonyl (C=O) groups excluding carboxylic acids is 1. The minimum atomic E-state index is -0.372. The van der Waals surface area contributed by atoms with E-state index < -0.39 is 0 Å². The predicted octanol–water partition coefficient (Wildman–Crippen LogP) is 4.14. The Bertz CT molecular complexity index is 1200. The Morgan fingerprint density at radius 3 is 2.41 bits per heavy atom. The molecule has 0 spiro atoms. The number of benzene rings is 2. The fourth-order valence-electron chi connectivity index (χ4n) is 3.18. The van der Waals surface area contributed by atoms with Gasteiger partial charge < -0.3 is 14.0 Å². The molecule has 1 amide bonds. The van der Waals surface area contributed by atoms with Crippen LogP contribution in [0.5, 0.6) is 11.5 Å². The molecule has 2 aromatic heterocycles. The summed E-state index contributed by atoms with van der Waals surface area (Å²) in [4.78, 5) is 21.0. The lowest BCUT2D eigenvalue weighted by Gasteiger charge is -2.09. The molecular formula is C23H19FN4O4. The summed E-state index contributed by atoms with van der Waals surface area (Å²) in [5.41, 5.74) is 2.69. The Morgan fingerprint density at radius 1 is 1.06 bits per heavy atom. The first kappa shape index (κ1) is 21.0. The SMILES string of the molecule is COc1cc(CC(=O)Nc2onc(-c3ccc(F)cc3)c2-c2ccncn2)cc(OC)c1.